The maximum absolute atomic E-state index is 12.8. The number of anilines is 1. The molecule has 2 saturated heterocycles. The van der Waals surface area contributed by atoms with Crippen molar-refractivity contribution in [1.82, 2.24) is 10.3 Å². The first kappa shape index (κ1) is 19.0. The van der Waals surface area contributed by atoms with E-state index in [1.54, 1.807) is 7.11 Å². The molecule has 6 nitrogen and oxygen atoms in total. The average molecular weight is 383 g/mol. The molecular weight excluding hydrogens is 354 g/mol. The number of nitrogens with one attached hydrogen (secondary N) is 1. The van der Waals surface area contributed by atoms with Crippen LogP contribution in [0.1, 0.15) is 31.2 Å². The normalized spacial score (nSPS) is 20.9. The highest BCUT2D eigenvalue weighted by atomic mass is 16.5. The molecule has 0 aliphatic carbocycles. The van der Waals surface area contributed by atoms with E-state index in [1.165, 1.54) is 5.56 Å². The second kappa shape index (κ2) is 8.35. The Morgan fingerprint density at radius 2 is 2.07 bits per heavy atom. The van der Waals surface area contributed by atoms with Crippen molar-refractivity contribution >= 4 is 22.6 Å². The number of amides is 1. The van der Waals surface area contributed by atoms with Crippen LogP contribution in [-0.2, 0) is 9.53 Å². The van der Waals surface area contributed by atoms with Gasteiger partial charge in [-0.05, 0) is 56.4 Å². The Morgan fingerprint density at radius 3 is 2.86 bits per heavy atom. The van der Waals surface area contributed by atoms with Gasteiger partial charge < -0.3 is 19.7 Å². The van der Waals surface area contributed by atoms with Crippen molar-refractivity contribution in [3.63, 3.8) is 0 Å². The first-order chi connectivity index (χ1) is 13.6. The second-order valence-corrected chi connectivity index (χ2v) is 7.86. The van der Waals surface area contributed by atoms with E-state index in [-0.39, 0.29) is 17.9 Å². The SMILES string of the molecule is COc1ccc2c(C)cc(N3CCCC(C(=O)NC4CCOCC4)C3)nc2c1. The van der Waals surface area contributed by atoms with Crippen molar-refractivity contribution in [2.75, 3.05) is 38.3 Å². The van der Waals surface area contributed by atoms with E-state index in [4.69, 9.17) is 14.5 Å². The maximum Gasteiger partial charge on any atom is 0.225 e. The highest BCUT2D eigenvalue weighted by Gasteiger charge is 2.28. The monoisotopic (exact) mass is 383 g/mol. The molecule has 2 aromatic rings. The fourth-order valence-corrected chi connectivity index (χ4v) is 4.21. The number of rotatable bonds is 4. The highest BCUT2D eigenvalue weighted by Crippen LogP contribution is 2.28. The van der Waals surface area contributed by atoms with E-state index in [2.05, 4.69) is 29.3 Å². The summed E-state index contributed by atoms with van der Waals surface area (Å²) in [6.07, 6.45) is 3.76. The number of pyridine rings is 1. The van der Waals surface area contributed by atoms with Crippen LogP contribution < -0.4 is 15.0 Å². The van der Waals surface area contributed by atoms with Crippen molar-refractivity contribution in [3.8, 4) is 5.75 Å². The van der Waals surface area contributed by atoms with Gasteiger partial charge in [-0.25, -0.2) is 4.98 Å². The Labute approximate surface area is 166 Å². The van der Waals surface area contributed by atoms with Gasteiger partial charge in [0.25, 0.3) is 0 Å². The summed E-state index contributed by atoms with van der Waals surface area (Å²) in [4.78, 5) is 19.9. The van der Waals surface area contributed by atoms with E-state index < -0.39 is 0 Å². The number of hydrogen-bond acceptors (Lipinski definition) is 5. The second-order valence-electron chi connectivity index (χ2n) is 7.86. The van der Waals surface area contributed by atoms with Crippen molar-refractivity contribution < 1.29 is 14.3 Å². The predicted molar refractivity (Wildman–Crippen MR) is 110 cm³/mol. The van der Waals surface area contributed by atoms with Gasteiger partial charge in [0, 0.05) is 43.8 Å². The summed E-state index contributed by atoms with van der Waals surface area (Å²) in [5, 5.41) is 4.37. The van der Waals surface area contributed by atoms with Crippen LogP contribution in [0, 0.1) is 12.8 Å². The van der Waals surface area contributed by atoms with E-state index in [9.17, 15) is 4.79 Å². The van der Waals surface area contributed by atoms with Gasteiger partial charge in [-0.15, -0.1) is 0 Å². The Hall–Kier alpha value is -2.34. The lowest BCUT2D eigenvalue weighted by atomic mass is 9.96. The summed E-state index contributed by atoms with van der Waals surface area (Å²) < 4.78 is 10.7. The summed E-state index contributed by atoms with van der Waals surface area (Å²) in [5.41, 5.74) is 2.12. The Bertz CT molecular complexity index is 848. The fraction of sp³-hybridized carbons (Fsp3) is 0.545. The van der Waals surface area contributed by atoms with Crippen molar-refractivity contribution in [1.29, 1.82) is 0 Å². The summed E-state index contributed by atoms with van der Waals surface area (Å²) >= 11 is 0. The minimum absolute atomic E-state index is 0.0136. The molecule has 1 aromatic heterocycles. The van der Waals surface area contributed by atoms with Gasteiger partial charge >= 0.3 is 0 Å². The van der Waals surface area contributed by atoms with Crippen molar-refractivity contribution in [3.05, 3.63) is 29.8 Å². The molecule has 4 rings (SSSR count). The van der Waals surface area contributed by atoms with Crippen LogP contribution in [0.25, 0.3) is 10.9 Å². The third kappa shape index (κ3) is 4.07. The third-order valence-corrected chi connectivity index (χ3v) is 5.89. The number of hydrogen-bond donors (Lipinski definition) is 1. The quantitative estimate of drug-likeness (QED) is 0.879. The molecule has 0 radical (unpaired) electrons. The number of piperidine rings is 1. The minimum atomic E-state index is 0.0136. The number of benzene rings is 1. The largest absolute Gasteiger partial charge is 0.497 e. The molecule has 3 heterocycles. The third-order valence-electron chi connectivity index (χ3n) is 5.89. The van der Waals surface area contributed by atoms with E-state index >= 15 is 0 Å². The van der Waals surface area contributed by atoms with Gasteiger partial charge in [0.05, 0.1) is 18.5 Å². The summed E-state index contributed by atoms with van der Waals surface area (Å²) in [6, 6.07) is 8.39. The summed E-state index contributed by atoms with van der Waals surface area (Å²) in [6.45, 7) is 5.25. The molecule has 0 spiro atoms. The highest BCUT2D eigenvalue weighted by molar-refractivity contribution is 5.85. The fourth-order valence-electron chi connectivity index (χ4n) is 4.21. The Balaban J connectivity index is 1.50. The molecule has 1 unspecified atom stereocenters. The molecule has 1 atom stereocenters. The topological polar surface area (TPSA) is 63.7 Å². The number of methoxy groups -OCH3 is 1. The molecule has 2 aliphatic heterocycles. The molecule has 2 aliphatic rings. The molecule has 6 heteroatoms. The zero-order chi connectivity index (χ0) is 19.5. The summed E-state index contributed by atoms with van der Waals surface area (Å²) in [5.74, 6) is 1.95. The first-order valence-electron chi connectivity index (χ1n) is 10.2. The van der Waals surface area contributed by atoms with E-state index in [0.29, 0.717) is 0 Å². The van der Waals surface area contributed by atoms with Crippen LogP contribution in [0.15, 0.2) is 24.3 Å². The molecule has 1 amide bonds. The number of aryl methyl sites for hydroxylation is 1. The molecule has 0 bridgehead atoms. The number of nitrogens with zero attached hydrogens (tertiary/aromatic N) is 2. The molecule has 0 saturated carbocycles. The lowest BCUT2D eigenvalue weighted by molar-refractivity contribution is -0.126. The Morgan fingerprint density at radius 1 is 1.25 bits per heavy atom. The van der Waals surface area contributed by atoms with Gasteiger partial charge in [-0.3, -0.25) is 4.79 Å². The van der Waals surface area contributed by atoms with Crippen LogP contribution >= 0.6 is 0 Å². The van der Waals surface area contributed by atoms with E-state index in [0.717, 1.165) is 74.5 Å². The smallest absolute Gasteiger partial charge is 0.225 e. The molecule has 2 fully saturated rings. The molecule has 1 aromatic carbocycles. The predicted octanol–water partition coefficient (Wildman–Crippen LogP) is 3.06. The number of ether oxygens (including phenoxy) is 2. The number of aromatic nitrogens is 1. The van der Waals surface area contributed by atoms with Crippen LogP contribution in [-0.4, -0.2) is 50.3 Å². The maximum atomic E-state index is 12.8. The van der Waals surface area contributed by atoms with Crippen LogP contribution in [0.5, 0.6) is 5.75 Å². The Kier molecular flexibility index (Phi) is 5.67. The molecule has 1 N–H and O–H groups in total. The van der Waals surface area contributed by atoms with Gasteiger partial charge in [-0.2, -0.15) is 0 Å². The molecule has 150 valence electrons. The molecular formula is C22H29N3O3. The van der Waals surface area contributed by atoms with Crippen LogP contribution in [0.2, 0.25) is 0 Å². The zero-order valence-corrected chi connectivity index (χ0v) is 16.7. The van der Waals surface area contributed by atoms with Crippen molar-refractivity contribution in [2.24, 2.45) is 5.92 Å². The van der Waals surface area contributed by atoms with E-state index in [1.807, 2.05) is 12.1 Å². The van der Waals surface area contributed by atoms with Crippen LogP contribution in [0.4, 0.5) is 5.82 Å². The van der Waals surface area contributed by atoms with Gasteiger partial charge in [-0.1, -0.05) is 0 Å². The van der Waals surface area contributed by atoms with Gasteiger partial charge in [0.15, 0.2) is 0 Å². The number of carbonyl (C=O) groups excluding carboxylic acids is 1. The lowest BCUT2D eigenvalue weighted by Gasteiger charge is -2.34. The molecule has 28 heavy (non-hydrogen) atoms. The summed E-state index contributed by atoms with van der Waals surface area (Å²) in [7, 11) is 1.67. The number of fused-ring (bicyclic) bond motifs is 1. The van der Waals surface area contributed by atoms with Gasteiger partial charge in [0.2, 0.25) is 5.91 Å². The van der Waals surface area contributed by atoms with Gasteiger partial charge in [0.1, 0.15) is 11.6 Å². The lowest BCUT2D eigenvalue weighted by Crippen LogP contribution is -2.47. The van der Waals surface area contributed by atoms with Crippen LogP contribution in [0.3, 0.4) is 0 Å². The minimum Gasteiger partial charge on any atom is -0.497 e. The number of carbonyl (C=O) groups is 1. The average Bonchev–Trinajstić information content (AvgIpc) is 2.74. The first-order valence-corrected chi connectivity index (χ1v) is 10.2. The van der Waals surface area contributed by atoms with Crippen molar-refractivity contribution in [2.45, 2.75) is 38.6 Å². The zero-order valence-electron chi connectivity index (χ0n) is 16.7. The standard InChI is InChI=1S/C22H29N3O3/c1-15-12-21(24-20-13-18(27-2)5-6-19(15)20)25-9-3-4-16(14-25)22(26)23-17-7-10-28-11-8-17/h5-6,12-13,16-17H,3-4,7-11,14H2,1-2H3,(H,23,26).